The number of carbonyl (C=O) groups is 1. The zero-order valence-corrected chi connectivity index (χ0v) is 15.2. The van der Waals surface area contributed by atoms with Crippen molar-refractivity contribution in [2.75, 3.05) is 29.4 Å². The second kappa shape index (κ2) is 6.29. The molecule has 8 heteroatoms. The van der Waals surface area contributed by atoms with Crippen LogP contribution in [0.25, 0.3) is 11.0 Å². The Kier molecular flexibility index (Phi) is 3.77. The van der Waals surface area contributed by atoms with Crippen LogP contribution in [0, 0.1) is 6.92 Å². The first kappa shape index (κ1) is 16.2. The summed E-state index contributed by atoms with van der Waals surface area (Å²) in [5.41, 5.74) is 1.64. The second-order valence-corrected chi connectivity index (χ2v) is 7.18. The number of fused-ring (bicyclic) bond motifs is 1. The maximum atomic E-state index is 12.0. The molecule has 2 saturated heterocycles. The number of rotatable bonds is 3. The van der Waals surface area contributed by atoms with Gasteiger partial charge in [0.1, 0.15) is 11.6 Å². The van der Waals surface area contributed by atoms with Gasteiger partial charge in [-0.15, -0.1) is 0 Å². The van der Waals surface area contributed by atoms with E-state index in [0.717, 1.165) is 60.8 Å². The Hall–Kier alpha value is -3.03. The number of carbonyl (C=O) groups excluding carboxylic acids is 1. The van der Waals surface area contributed by atoms with Crippen molar-refractivity contribution in [3.8, 4) is 0 Å². The number of hydrogen-bond acceptors (Lipinski definition) is 6. The van der Waals surface area contributed by atoms with E-state index < -0.39 is 0 Å². The van der Waals surface area contributed by atoms with Crippen LogP contribution in [0.2, 0.25) is 0 Å². The third-order valence-electron chi connectivity index (χ3n) is 5.37. The average Bonchev–Trinajstić information content (AvgIpc) is 3.40. The van der Waals surface area contributed by atoms with Gasteiger partial charge in [0.05, 0.1) is 23.3 Å². The fraction of sp³-hybridized carbons (Fsp3) is 0.421. The number of aryl methyl sites for hydroxylation is 1. The van der Waals surface area contributed by atoms with Gasteiger partial charge in [-0.25, -0.2) is 15.0 Å². The summed E-state index contributed by atoms with van der Waals surface area (Å²) in [6.07, 6.45) is 8.12. The summed E-state index contributed by atoms with van der Waals surface area (Å²) in [6.45, 7) is 4.43. The number of hydrogen-bond donors (Lipinski definition) is 0. The SMILES string of the molecule is Cc1nc(N2CCC(n3cc(N4CCCC4=O)cn3)C2)c2cccnc2n1. The van der Waals surface area contributed by atoms with Crippen LogP contribution in [0.3, 0.4) is 0 Å². The Labute approximate surface area is 156 Å². The summed E-state index contributed by atoms with van der Waals surface area (Å²) in [4.78, 5) is 29.6. The molecule has 0 bridgehead atoms. The Morgan fingerprint density at radius 1 is 1.22 bits per heavy atom. The summed E-state index contributed by atoms with van der Waals surface area (Å²) in [7, 11) is 0. The highest BCUT2D eigenvalue weighted by Gasteiger charge is 2.29. The van der Waals surface area contributed by atoms with Crippen LogP contribution >= 0.6 is 0 Å². The molecular formula is C19H21N7O. The van der Waals surface area contributed by atoms with E-state index in [1.807, 2.05) is 34.8 Å². The van der Waals surface area contributed by atoms with Crippen LogP contribution in [0.15, 0.2) is 30.7 Å². The minimum atomic E-state index is 0.193. The predicted octanol–water partition coefficient (Wildman–Crippen LogP) is 2.11. The quantitative estimate of drug-likeness (QED) is 0.709. The maximum absolute atomic E-state index is 12.0. The van der Waals surface area contributed by atoms with Crippen LogP contribution in [0.5, 0.6) is 0 Å². The van der Waals surface area contributed by atoms with Gasteiger partial charge in [-0.1, -0.05) is 0 Å². The Morgan fingerprint density at radius 2 is 2.15 bits per heavy atom. The molecule has 1 amide bonds. The van der Waals surface area contributed by atoms with Crippen molar-refractivity contribution < 1.29 is 4.79 Å². The summed E-state index contributed by atoms with van der Waals surface area (Å²) in [6, 6.07) is 4.21. The van der Waals surface area contributed by atoms with Crippen molar-refractivity contribution >= 4 is 28.4 Å². The highest BCUT2D eigenvalue weighted by atomic mass is 16.2. The fourth-order valence-corrected chi connectivity index (χ4v) is 4.03. The number of nitrogens with zero attached hydrogens (tertiary/aromatic N) is 7. The zero-order chi connectivity index (χ0) is 18.4. The summed E-state index contributed by atoms with van der Waals surface area (Å²) >= 11 is 0. The van der Waals surface area contributed by atoms with Gasteiger partial charge in [0.2, 0.25) is 5.91 Å². The molecule has 2 fully saturated rings. The lowest BCUT2D eigenvalue weighted by Gasteiger charge is -2.19. The van der Waals surface area contributed by atoms with Crippen molar-refractivity contribution in [3.63, 3.8) is 0 Å². The number of pyridine rings is 1. The molecular weight excluding hydrogens is 342 g/mol. The van der Waals surface area contributed by atoms with Crippen LogP contribution in [-0.4, -0.2) is 50.3 Å². The van der Waals surface area contributed by atoms with E-state index in [1.165, 1.54) is 0 Å². The first-order valence-corrected chi connectivity index (χ1v) is 9.38. The normalized spacial score (nSPS) is 20.2. The average molecular weight is 363 g/mol. The first-order valence-electron chi connectivity index (χ1n) is 9.38. The summed E-state index contributed by atoms with van der Waals surface area (Å²) in [5.74, 6) is 1.86. The summed E-state index contributed by atoms with van der Waals surface area (Å²) < 4.78 is 2.00. The lowest BCUT2D eigenvalue weighted by molar-refractivity contribution is -0.117. The lowest BCUT2D eigenvalue weighted by atomic mass is 10.3. The molecule has 3 aromatic rings. The molecule has 3 aromatic heterocycles. The van der Waals surface area contributed by atoms with Gasteiger partial charge < -0.3 is 9.80 Å². The van der Waals surface area contributed by atoms with Gasteiger partial charge in [0.15, 0.2) is 5.65 Å². The maximum Gasteiger partial charge on any atom is 0.227 e. The largest absolute Gasteiger partial charge is 0.354 e. The first-order chi connectivity index (χ1) is 13.2. The van der Waals surface area contributed by atoms with Gasteiger partial charge in [-0.05, 0) is 31.9 Å². The van der Waals surface area contributed by atoms with Crippen molar-refractivity contribution in [2.24, 2.45) is 0 Å². The van der Waals surface area contributed by atoms with E-state index >= 15 is 0 Å². The minimum Gasteiger partial charge on any atom is -0.354 e. The molecule has 2 aliphatic rings. The molecule has 0 spiro atoms. The monoisotopic (exact) mass is 363 g/mol. The minimum absolute atomic E-state index is 0.193. The van der Waals surface area contributed by atoms with Gasteiger partial charge in [-0.3, -0.25) is 9.48 Å². The highest BCUT2D eigenvalue weighted by Crippen LogP contribution is 2.31. The lowest BCUT2D eigenvalue weighted by Crippen LogP contribution is -2.24. The van der Waals surface area contributed by atoms with E-state index in [1.54, 1.807) is 12.4 Å². The Balaban J connectivity index is 1.39. The molecule has 1 atom stereocenters. The highest BCUT2D eigenvalue weighted by molar-refractivity contribution is 5.95. The molecule has 0 radical (unpaired) electrons. The van der Waals surface area contributed by atoms with E-state index in [2.05, 4.69) is 25.0 Å². The molecule has 5 heterocycles. The number of amides is 1. The molecule has 2 aliphatic heterocycles. The number of aromatic nitrogens is 5. The van der Waals surface area contributed by atoms with E-state index in [9.17, 15) is 4.79 Å². The fourth-order valence-electron chi connectivity index (χ4n) is 4.03. The molecule has 0 aliphatic carbocycles. The molecule has 27 heavy (non-hydrogen) atoms. The third kappa shape index (κ3) is 2.81. The molecule has 8 nitrogen and oxygen atoms in total. The van der Waals surface area contributed by atoms with E-state index in [0.29, 0.717) is 6.42 Å². The van der Waals surface area contributed by atoms with Crippen molar-refractivity contribution in [1.29, 1.82) is 0 Å². The Morgan fingerprint density at radius 3 is 3.00 bits per heavy atom. The summed E-state index contributed by atoms with van der Waals surface area (Å²) in [5, 5.41) is 5.52. The van der Waals surface area contributed by atoms with Crippen LogP contribution in [0.1, 0.15) is 31.1 Å². The van der Waals surface area contributed by atoms with E-state index in [-0.39, 0.29) is 11.9 Å². The van der Waals surface area contributed by atoms with E-state index in [4.69, 9.17) is 0 Å². The van der Waals surface area contributed by atoms with Crippen molar-refractivity contribution in [3.05, 3.63) is 36.5 Å². The van der Waals surface area contributed by atoms with Crippen molar-refractivity contribution in [1.82, 2.24) is 24.7 Å². The molecule has 0 aromatic carbocycles. The van der Waals surface area contributed by atoms with Gasteiger partial charge in [-0.2, -0.15) is 5.10 Å². The Bertz CT molecular complexity index is 1010. The number of anilines is 2. The molecule has 0 saturated carbocycles. The second-order valence-electron chi connectivity index (χ2n) is 7.18. The van der Waals surface area contributed by atoms with Crippen LogP contribution in [0.4, 0.5) is 11.5 Å². The van der Waals surface area contributed by atoms with Gasteiger partial charge in [0, 0.05) is 38.4 Å². The van der Waals surface area contributed by atoms with Gasteiger partial charge >= 0.3 is 0 Å². The third-order valence-corrected chi connectivity index (χ3v) is 5.37. The van der Waals surface area contributed by atoms with Crippen LogP contribution in [-0.2, 0) is 4.79 Å². The standard InChI is InChI=1S/C19H21N7O/c1-13-22-18-16(4-2-7-20-18)19(23-13)24-9-6-14(11-24)26-12-15(10-21-26)25-8-3-5-17(25)27/h2,4,7,10,12,14H,3,5-6,8-9,11H2,1H3. The molecule has 0 N–H and O–H groups in total. The van der Waals surface area contributed by atoms with Crippen molar-refractivity contribution in [2.45, 2.75) is 32.2 Å². The smallest absolute Gasteiger partial charge is 0.227 e. The molecule has 138 valence electrons. The topological polar surface area (TPSA) is 80.0 Å². The predicted molar refractivity (Wildman–Crippen MR) is 102 cm³/mol. The molecule has 5 rings (SSSR count). The zero-order valence-electron chi connectivity index (χ0n) is 15.2. The van der Waals surface area contributed by atoms with Gasteiger partial charge in [0.25, 0.3) is 0 Å². The van der Waals surface area contributed by atoms with Crippen LogP contribution < -0.4 is 9.80 Å². The molecule has 1 unspecified atom stereocenters.